The van der Waals surface area contributed by atoms with E-state index in [0.717, 1.165) is 24.6 Å². The zero-order chi connectivity index (χ0) is 16.2. The zero-order valence-electron chi connectivity index (χ0n) is 12.5. The predicted octanol–water partition coefficient (Wildman–Crippen LogP) is 1.98. The van der Waals surface area contributed by atoms with E-state index in [2.05, 4.69) is 0 Å². The summed E-state index contributed by atoms with van der Waals surface area (Å²) in [6.07, 6.45) is 0.913. The normalized spacial score (nSPS) is 13.0. The summed E-state index contributed by atoms with van der Waals surface area (Å²) in [6.45, 7) is 6.83. The minimum Gasteiger partial charge on any atom is -0.339 e. The van der Waals surface area contributed by atoms with Gasteiger partial charge in [-0.05, 0) is 31.0 Å². The standard InChI is InChI=1S/C14H21FN2O3S/c1-4-10(3)9-17(5-2)14(18)12-7-6-11(8-13(12)15)21(16,19)20/h6-8,10H,4-5,9H2,1-3H3,(H2,16,19,20). The van der Waals surface area contributed by atoms with E-state index in [1.54, 1.807) is 4.90 Å². The van der Waals surface area contributed by atoms with Crippen molar-refractivity contribution in [2.24, 2.45) is 11.1 Å². The van der Waals surface area contributed by atoms with Crippen LogP contribution in [0, 0.1) is 11.7 Å². The lowest BCUT2D eigenvalue weighted by Crippen LogP contribution is -2.35. The lowest BCUT2D eigenvalue weighted by Gasteiger charge is -2.24. The molecule has 21 heavy (non-hydrogen) atoms. The molecule has 0 heterocycles. The Morgan fingerprint density at radius 1 is 1.38 bits per heavy atom. The van der Waals surface area contributed by atoms with E-state index in [0.29, 0.717) is 19.0 Å². The third kappa shape index (κ3) is 4.50. The highest BCUT2D eigenvalue weighted by atomic mass is 32.2. The molecule has 118 valence electrons. The highest BCUT2D eigenvalue weighted by Gasteiger charge is 2.21. The first-order valence-corrected chi connectivity index (χ1v) is 8.36. The first-order chi connectivity index (χ1) is 9.70. The lowest BCUT2D eigenvalue weighted by molar-refractivity contribution is 0.0736. The van der Waals surface area contributed by atoms with Crippen LogP contribution in [-0.4, -0.2) is 32.3 Å². The van der Waals surface area contributed by atoms with Gasteiger partial charge >= 0.3 is 0 Å². The van der Waals surface area contributed by atoms with Crippen molar-refractivity contribution in [2.45, 2.75) is 32.1 Å². The summed E-state index contributed by atoms with van der Waals surface area (Å²) in [7, 11) is -3.98. The average molecular weight is 316 g/mol. The van der Waals surface area contributed by atoms with Crippen LogP contribution in [0.4, 0.5) is 4.39 Å². The number of nitrogens with zero attached hydrogens (tertiary/aromatic N) is 1. The average Bonchev–Trinajstić information content (AvgIpc) is 2.42. The molecule has 1 rings (SSSR count). The number of primary sulfonamides is 1. The van der Waals surface area contributed by atoms with Crippen molar-refractivity contribution < 1.29 is 17.6 Å². The summed E-state index contributed by atoms with van der Waals surface area (Å²) >= 11 is 0. The van der Waals surface area contributed by atoms with Crippen molar-refractivity contribution in [3.8, 4) is 0 Å². The van der Waals surface area contributed by atoms with E-state index in [9.17, 15) is 17.6 Å². The molecule has 1 aromatic rings. The molecule has 0 aliphatic rings. The van der Waals surface area contributed by atoms with Crippen molar-refractivity contribution in [1.82, 2.24) is 4.90 Å². The van der Waals surface area contributed by atoms with Crippen molar-refractivity contribution in [1.29, 1.82) is 0 Å². The van der Waals surface area contributed by atoms with Crippen LogP contribution in [-0.2, 0) is 10.0 Å². The van der Waals surface area contributed by atoms with Crippen molar-refractivity contribution in [3.05, 3.63) is 29.6 Å². The van der Waals surface area contributed by atoms with E-state index < -0.39 is 21.7 Å². The first kappa shape index (κ1) is 17.6. The second-order valence-electron chi connectivity index (χ2n) is 5.04. The molecule has 1 unspecified atom stereocenters. The van der Waals surface area contributed by atoms with Crippen molar-refractivity contribution in [3.63, 3.8) is 0 Å². The van der Waals surface area contributed by atoms with Gasteiger partial charge in [-0.15, -0.1) is 0 Å². The van der Waals surface area contributed by atoms with E-state index in [-0.39, 0.29) is 10.5 Å². The van der Waals surface area contributed by atoms with Crippen molar-refractivity contribution >= 4 is 15.9 Å². The Morgan fingerprint density at radius 2 is 2.00 bits per heavy atom. The number of carbonyl (C=O) groups excluding carboxylic acids is 1. The molecule has 7 heteroatoms. The smallest absolute Gasteiger partial charge is 0.256 e. The van der Waals surface area contributed by atoms with Gasteiger partial charge in [0.05, 0.1) is 10.5 Å². The molecule has 0 aliphatic heterocycles. The van der Waals surface area contributed by atoms with Crippen LogP contribution >= 0.6 is 0 Å². The Morgan fingerprint density at radius 3 is 2.43 bits per heavy atom. The molecule has 0 aromatic heterocycles. The van der Waals surface area contributed by atoms with Gasteiger partial charge in [0, 0.05) is 13.1 Å². The number of benzene rings is 1. The van der Waals surface area contributed by atoms with Gasteiger partial charge in [-0.2, -0.15) is 0 Å². The van der Waals surface area contributed by atoms with Crippen LogP contribution in [0.5, 0.6) is 0 Å². The molecule has 0 bridgehead atoms. The van der Waals surface area contributed by atoms with E-state index >= 15 is 0 Å². The second kappa shape index (κ2) is 7.00. The lowest BCUT2D eigenvalue weighted by atomic mass is 10.1. The highest BCUT2D eigenvalue weighted by molar-refractivity contribution is 7.89. The van der Waals surface area contributed by atoms with E-state index in [1.807, 2.05) is 20.8 Å². The number of halogens is 1. The predicted molar refractivity (Wildman–Crippen MR) is 78.8 cm³/mol. The quantitative estimate of drug-likeness (QED) is 0.871. The SMILES string of the molecule is CCC(C)CN(CC)C(=O)c1ccc(S(N)(=O)=O)cc1F. The van der Waals surface area contributed by atoms with Crippen LogP contribution in [0.3, 0.4) is 0 Å². The summed E-state index contributed by atoms with van der Waals surface area (Å²) in [5.74, 6) is -1.02. The van der Waals surface area contributed by atoms with Gasteiger partial charge in [0.15, 0.2) is 0 Å². The third-order valence-corrected chi connectivity index (χ3v) is 4.31. The van der Waals surface area contributed by atoms with Crippen molar-refractivity contribution in [2.75, 3.05) is 13.1 Å². The van der Waals surface area contributed by atoms with Gasteiger partial charge in [0.2, 0.25) is 10.0 Å². The fourth-order valence-corrected chi connectivity index (χ4v) is 2.40. The maximum atomic E-state index is 14.0. The first-order valence-electron chi connectivity index (χ1n) is 6.82. The number of hydrogen-bond acceptors (Lipinski definition) is 3. The summed E-state index contributed by atoms with van der Waals surface area (Å²) in [6, 6.07) is 3.08. The van der Waals surface area contributed by atoms with Gasteiger partial charge < -0.3 is 4.90 Å². The maximum absolute atomic E-state index is 14.0. The molecule has 5 nitrogen and oxygen atoms in total. The number of carbonyl (C=O) groups is 1. The topological polar surface area (TPSA) is 80.5 Å². The number of hydrogen-bond donors (Lipinski definition) is 1. The fraction of sp³-hybridized carbons (Fsp3) is 0.500. The number of nitrogens with two attached hydrogens (primary N) is 1. The van der Waals surface area contributed by atoms with Gasteiger partial charge in [-0.1, -0.05) is 20.3 Å². The molecule has 0 saturated carbocycles. The fourth-order valence-electron chi connectivity index (χ4n) is 1.88. The van der Waals surface area contributed by atoms with Crippen LogP contribution in [0.2, 0.25) is 0 Å². The molecule has 1 aromatic carbocycles. The maximum Gasteiger partial charge on any atom is 0.256 e. The van der Waals surface area contributed by atoms with Crippen LogP contribution in [0.1, 0.15) is 37.6 Å². The van der Waals surface area contributed by atoms with Gasteiger partial charge in [-0.25, -0.2) is 17.9 Å². The van der Waals surface area contributed by atoms with Gasteiger partial charge in [0.25, 0.3) is 5.91 Å². The third-order valence-electron chi connectivity index (χ3n) is 3.40. The van der Waals surface area contributed by atoms with Crippen LogP contribution in [0.25, 0.3) is 0 Å². The molecule has 0 radical (unpaired) electrons. The molecular formula is C14H21FN2O3S. The molecule has 0 aliphatic carbocycles. The molecule has 0 spiro atoms. The number of amides is 1. The molecular weight excluding hydrogens is 295 g/mol. The molecule has 2 N–H and O–H groups in total. The molecule has 0 saturated heterocycles. The Bertz CT molecular complexity index is 617. The summed E-state index contributed by atoms with van der Waals surface area (Å²) in [4.78, 5) is 13.5. The number of sulfonamides is 1. The van der Waals surface area contributed by atoms with E-state index in [4.69, 9.17) is 5.14 Å². The Labute approximate surface area is 125 Å². The largest absolute Gasteiger partial charge is 0.339 e. The van der Waals surface area contributed by atoms with Crippen LogP contribution < -0.4 is 5.14 Å². The van der Waals surface area contributed by atoms with Crippen LogP contribution in [0.15, 0.2) is 23.1 Å². The second-order valence-corrected chi connectivity index (χ2v) is 6.61. The highest BCUT2D eigenvalue weighted by Crippen LogP contribution is 2.17. The minimum atomic E-state index is -3.98. The Kier molecular flexibility index (Phi) is 5.86. The number of rotatable bonds is 6. The van der Waals surface area contributed by atoms with E-state index in [1.165, 1.54) is 0 Å². The summed E-state index contributed by atoms with van der Waals surface area (Å²) in [5, 5.41) is 4.93. The Balaban J connectivity index is 3.07. The monoisotopic (exact) mass is 316 g/mol. The molecule has 1 amide bonds. The van der Waals surface area contributed by atoms with Gasteiger partial charge in [-0.3, -0.25) is 4.79 Å². The molecule has 0 fully saturated rings. The molecule has 1 atom stereocenters. The minimum absolute atomic E-state index is 0.146. The summed E-state index contributed by atoms with van der Waals surface area (Å²) in [5.41, 5.74) is -0.146. The Hall–Kier alpha value is -1.47. The van der Waals surface area contributed by atoms with Gasteiger partial charge in [0.1, 0.15) is 5.82 Å². The zero-order valence-corrected chi connectivity index (χ0v) is 13.3. The summed E-state index contributed by atoms with van der Waals surface area (Å²) < 4.78 is 36.3.